The summed E-state index contributed by atoms with van der Waals surface area (Å²) >= 11 is 0. The molecule has 0 aliphatic heterocycles. The van der Waals surface area contributed by atoms with E-state index in [1.165, 1.54) is 36.8 Å². The molecule has 0 N–H and O–H groups in total. The molecule has 0 nitrogen and oxygen atoms in total. The first-order valence-corrected chi connectivity index (χ1v) is 12.5. The van der Waals surface area contributed by atoms with E-state index < -0.39 is 9.52 Å². The Bertz CT molecular complexity index is 859. The summed E-state index contributed by atoms with van der Waals surface area (Å²) in [5.74, 6) is 0. The van der Waals surface area contributed by atoms with E-state index in [2.05, 4.69) is 91.0 Å². The number of aryl methyl sites for hydroxylation is 2. The van der Waals surface area contributed by atoms with Gasteiger partial charge >= 0.3 is 0 Å². The quantitative estimate of drug-likeness (QED) is 0.492. The molecule has 0 aromatic heterocycles. The summed E-state index contributed by atoms with van der Waals surface area (Å²) in [6.45, 7) is 16.6. The Labute approximate surface area is 175 Å². The zero-order valence-corrected chi connectivity index (χ0v) is 20.5. The summed E-state index contributed by atoms with van der Waals surface area (Å²) in [5.41, 5.74) is 7.95. The number of allylic oxidation sites excluding steroid dienone is 8. The zero-order valence-electron chi connectivity index (χ0n) is 19.1. The minimum Gasteiger partial charge on any atom is -0.0836 e. The predicted molar refractivity (Wildman–Crippen MR) is 128 cm³/mol. The molecule has 0 fully saturated rings. The van der Waals surface area contributed by atoms with Crippen molar-refractivity contribution in [1.29, 1.82) is 0 Å². The van der Waals surface area contributed by atoms with Gasteiger partial charge in [-0.05, 0) is 53.0 Å². The predicted octanol–water partition coefficient (Wildman–Crippen LogP) is 6.42. The normalized spacial score (nSPS) is 27.7. The van der Waals surface area contributed by atoms with Crippen LogP contribution in [0.2, 0.25) is 0 Å². The van der Waals surface area contributed by atoms with Crippen LogP contribution in [0, 0.1) is 24.7 Å². The molecule has 150 valence electrons. The average Bonchev–Trinajstić information content (AvgIpc) is 2.83. The standard InChI is InChI=1S/C27H38Si/c1-8-9-13-27(14-11-10-12-15-27)26(7)23(6)21(4)22(5)25(26)28-24-17-19(2)16-20(3)18-24/h10-12,14,16-18H,8-9,13,15,28H2,1-7H3. The Kier molecular flexibility index (Phi) is 6.05. The van der Waals surface area contributed by atoms with E-state index in [9.17, 15) is 0 Å². The van der Waals surface area contributed by atoms with Crippen LogP contribution < -0.4 is 5.19 Å². The average molecular weight is 391 g/mol. The van der Waals surface area contributed by atoms with Crippen LogP contribution >= 0.6 is 0 Å². The smallest absolute Gasteiger partial charge is 0.0836 e. The Morgan fingerprint density at radius 3 is 2.18 bits per heavy atom. The van der Waals surface area contributed by atoms with Crippen molar-refractivity contribution in [2.24, 2.45) is 10.8 Å². The molecule has 2 atom stereocenters. The molecule has 1 aromatic rings. The largest absolute Gasteiger partial charge is 0.0839 e. The molecule has 1 heteroatoms. The summed E-state index contributed by atoms with van der Waals surface area (Å²) in [7, 11) is -0.518. The summed E-state index contributed by atoms with van der Waals surface area (Å²) in [4.78, 5) is 0. The van der Waals surface area contributed by atoms with Gasteiger partial charge in [0.05, 0.1) is 9.52 Å². The third-order valence-electron chi connectivity index (χ3n) is 7.71. The second-order valence-electron chi connectivity index (χ2n) is 9.40. The van der Waals surface area contributed by atoms with Gasteiger partial charge in [0.15, 0.2) is 0 Å². The maximum absolute atomic E-state index is 2.58. The van der Waals surface area contributed by atoms with Gasteiger partial charge < -0.3 is 0 Å². The van der Waals surface area contributed by atoms with Gasteiger partial charge in [0.25, 0.3) is 0 Å². The summed E-state index contributed by atoms with van der Waals surface area (Å²) in [6, 6.07) is 7.19. The van der Waals surface area contributed by atoms with E-state index in [1.54, 1.807) is 27.1 Å². The zero-order chi connectivity index (χ0) is 20.5. The summed E-state index contributed by atoms with van der Waals surface area (Å²) in [6.07, 6.45) is 14.6. The minimum atomic E-state index is -0.518. The van der Waals surface area contributed by atoms with E-state index in [0.717, 1.165) is 0 Å². The Hall–Kier alpha value is -1.60. The van der Waals surface area contributed by atoms with E-state index in [4.69, 9.17) is 0 Å². The van der Waals surface area contributed by atoms with Crippen molar-refractivity contribution in [3.05, 3.63) is 75.5 Å². The topological polar surface area (TPSA) is 0 Å². The van der Waals surface area contributed by atoms with Gasteiger partial charge in [0.2, 0.25) is 0 Å². The Morgan fingerprint density at radius 2 is 1.61 bits per heavy atom. The fraction of sp³-hybridized carbons (Fsp3) is 0.481. The maximum Gasteiger partial charge on any atom is 0.0839 e. The number of rotatable bonds is 6. The van der Waals surface area contributed by atoms with Crippen LogP contribution in [-0.4, -0.2) is 9.52 Å². The lowest BCUT2D eigenvalue weighted by molar-refractivity contribution is 0.176. The van der Waals surface area contributed by atoms with Gasteiger partial charge in [-0.3, -0.25) is 0 Å². The summed E-state index contributed by atoms with van der Waals surface area (Å²) in [5, 5.41) is 3.38. The lowest BCUT2D eigenvalue weighted by Crippen LogP contribution is -2.43. The van der Waals surface area contributed by atoms with Gasteiger partial charge in [0.1, 0.15) is 0 Å². The fourth-order valence-corrected chi connectivity index (χ4v) is 8.56. The van der Waals surface area contributed by atoms with Gasteiger partial charge in [-0.1, -0.05) is 102 Å². The van der Waals surface area contributed by atoms with E-state index in [-0.39, 0.29) is 10.8 Å². The molecular formula is C27H38Si. The van der Waals surface area contributed by atoms with Crippen LogP contribution in [0.15, 0.2) is 64.4 Å². The van der Waals surface area contributed by atoms with E-state index >= 15 is 0 Å². The Morgan fingerprint density at radius 1 is 0.929 bits per heavy atom. The first-order chi connectivity index (χ1) is 13.2. The molecular weight excluding hydrogens is 352 g/mol. The molecule has 0 spiro atoms. The molecule has 0 bridgehead atoms. The van der Waals surface area contributed by atoms with Crippen LogP contribution in [-0.2, 0) is 0 Å². The molecule has 0 heterocycles. The fourth-order valence-electron chi connectivity index (χ4n) is 5.81. The highest BCUT2D eigenvalue weighted by atomic mass is 28.2. The number of benzene rings is 1. The van der Waals surface area contributed by atoms with Crippen LogP contribution in [0.1, 0.15) is 71.4 Å². The van der Waals surface area contributed by atoms with Crippen LogP contribution in [0.3, 0.4) is 0 Å². The molecule has 2 unspecified atom stereocenters. The molecule has 3 rings (SSSR count). The SMILES string of the molecule is CCCCC1(C2(C)C(C)=C(C)C(C)=C2[SiH2]c2cc(C)cc(C)c2)C=CC=CC1. The van der Waals surface area contributed by atoms with Crippen molar-refractivity contribution in [2.75, 3.05) is 0 Å². The first-order valence-electron chi connectivity index (χ1n) is 11.1. The third kappa shape index (κ3) is 3.43. The van der Waals surface area contributed by atoms with E-state index in [0.29, 0.717) is 0 Å². The van der Waals surface area contributed by atoms with Gasteiger partial charge in [-0.2, -0.15) is 0 Å². The molecule has 28 heavy (non-hydrogen) atoms. The Balaban J connectivity index is 2.12. The van der Waals surface area contributed by atoms with Crippen molar-refractivity contribution in [3.63, 3.8) is 0 Å². The minimum absolute atomic E-state index is 0.154. The molecule has 0 saturated heterocycles. The highest BCUT2D eigenvalue weighted by molar-refractivity contribution is 6.62. The van der Waals surface area contributed by atoms with Crippen molar-refractivity contribution in [1.82, 2.24) is 0 Å². The van der Waals surface area contributed by atoms with Crippen LogP contribution in [0.25, 0.3) is 0 Å². The first kappa shape index (κ1) is 21.1. The van der Waals surface area contributed by atoms with Crippen molar-refractivity contribution in [3.8, 4) is 0 Å². The monoisotopic (exact) mass is 390 g/mol. The van der Waals surface area contributed by atoms with E-state index in [1.807, 2.05) is 0 Å². The van der Waals surface area contributed by atoms with Gasteiger partial charge in [-0.25, -0.2) is 0 Å². The molecule has 0 radical (unpaired) electrons. The number of hydrogen-bond donors (Lipinski definition) is 0. The lowest BCUT2D eigenvalue weighted by Gasteiger charge is -2.49. The molecule has 2 aliphatic carbocycles. The maximum atomic E-state index is 2.58. The molecule has 1 aromatic carbocycles. The highest BCUT2D eigenvalue weighted by Crippen LogP contribution is 2.61. The van der Waals surface area contributed by atoms with Crippen molar-refractivity contribution in [2.45, 2.75) is 74.1 Å². The van der Waals surface area contributed by atoms with Gasteiger partial charge in [0, 0.05) is 10.8 Å². The van der Waals surface area contributed by atoms with Crippen molar-refractivity contribution >= 4 is 14.7 Å². The van der Waals surface area contributed by atoms with Crippen LogP contribution in [0.5, 0.6) is 0 Å². The number of unbranched alkanes of at least 4 members (excludes halogenated alkanes) is 1. The molecule has 2 aliphatic rings. The second kappa shape index (κ2) is 8.03. The highest BCUT2D eigenvalue weighted by Gasteiger charge is 2.52. The van der Waals surface area contributed by atoms with Crippen LogP contribution in [0.4, 0.5) is 0 Å². The second-order valence-corrected chi connectivity index (χ2v) is 11.3. The van der Waals surface area contributed by atoms with Crippen molar-refractivity contribution < 1.29 is 0 Å². The molecule has 0 amide bonds. The van der Waals surface area contributed by atoms with Gasteiger partial charge in [-0.15, -0.1) is 0 Å². The molecule has 0 saturated carbocycles. The third-order valence-corrected chi connectivity index (χ3v) is 10.1. The summed E-state index contributed by atoms with van der Waals surface area (Å²) < 4.78 is 0. The lowest BCUT2D eigenvalue weighted by atomic mass is 9.57. The number of hydrogen-bond acceptors (Lipinski definition) is 0.